The van der Waals surface area contributed by atoms with Gasteiger partial charge in [0, 0.05) is 18.9 Å². The molecular formula is C23H25N3O3. The number of nitrogens with one attached hydrogen (secondary N) is 1. The van der Waals surface area contributed by atoms with Crippen LogP contribution >= 0.6 is 0 Å². The summed E-state index contributed by atoms with van der Waals surface area (Å²) in [6.45, 7) is 2.49. The maximum absolute atomic E-state index is 13.0. The summed E-state index contributed by atoms with van der Waals surface area (Å²) in [5.74, 6) is 1.31. The van der Waals surface area contributed by atoms with Crippen molar-refractivity contribution in [1.82, 2.24) is 15.5 Å². The second-order valence-electron chi connectivity index (χ2n) is 7.55. The first kappa shape index (κ1) is 19.2. The van der Waals surface area contributed by atoms with Crippen LogP contribution in [0.2, 0.25) is 0 Å². The van der Waals surface area contributed by atoms with Crippen molar-refractivity contribution < 1.29 is 14.1 Å². The highest BCUT2D eigenvalue weighted by molar-refractivity contribution is 5.97. The lowest BCUT2D eigenvalue weighted by atomic mass is 9.79. The Balaban J connectivity index is 1.45. The molecule has 1 fully saturated rings. The Morgan fingerprint density at radius 1 is 1.10 bits per heavy atom. The first-order chi connectivity index (χ1) is 14.2. The summed E-state index contributed by atoms with van der Waals surface area (Å²) in [5, 5.41) is 6.98. The second-order valence-corrected chi connectivity index (χ2v) is 7.55. The lowest BCUT2D eigenvalue weighted by Gasteiger charge is -2.30. The average molecular weight is 391 g/mol. The highest BCUT2D eigenvalue weighted by Crippen LogP contribution is 2.40. The third-order valence-corrected chi connectivity index (χ3v) is 5.59. The summed E-state index contributed by atoms with van der Waals surface area (Å²) in [4.78, 5) is 17.1. The van der Waals surface area contributed by atoms with E-state index in [1.807, 2.05) is 18.2 Å². The maximum atomic E-state index is 13.0. The number of hydrogen-bond donors (Lipinski definition) is 1. The van der Waals surface area contributed by atoms with Gasteiger partial charge in [0.2, 0.25) is 11.7 Å². The number of para-hydroxylation sites is 1. The van der Waals surface area contributed by atoms with E-state index in [4.69, 9.17) is 9.26 Å². The standard InChI is InChI=1S/C23H25N3O3/c1-17-25-21(26-29-17)15-28-20-12-6-5-11-19(20)22(27)24-16-23(13-7-8-14-23)18-9-3-2-4-10-18/h2-6,9-12H,7-8,13-16H2,1H3,(H,24,27). The first-order valence-corrected chi connectivity index (χ1v) is 10.0. The Kier molecular flexibility index (Phi) is 5.60. The quantitative estimate of drug-likeness (QED) is 0.653. The van der Waals surface area contributed by atoms with Gasteiger partial charge < -0.3 is 14.6 Å². The Bertz CT molecular complexity index is 962. The van der Waals surface area contributed by atoms with Gasteiger partial charge in [-0.05, 0) is 30.5 Å². The van der Waals surface area contributed by atoms with Crippen LogP contribution in [0.3, 0.4) is 0 Å². The molecule has 0 unspecified atom stereocenters. The highest BCUT2D eigenvalue weighted by Gasteiger charge is 2.36. The minimum Gasteiger partial charge on any atom is -0.485 e. The van der Waals surface area contributed by atoms with Crippen LogP contribution in [0.5, 0.6) is 5.75 Å². The zero-order valence-electron chi connectivity index (χ0n) is 16.6. The predicted molar refractivity (Wildman–Crippen MR) is 109 cm³/mol. The lowest BCUT2D eigenvalue weighted by molar-refractivity contribution is 0.0938. The number of hydrogen-bond acceptors (Lipinski definition) is 5. The van der Waals surface area contributed by atoms with E-state index in [1.54, 1.807) is 19.1 Å². The minimum atomic E-state index is -0.132. The van der Waals surface area contributed by atoms with Gasteiger partial charge in [0.05, 0.1) is 5.56 Å². The number of nitrogens with zero attached hydrogens (tertiary/aromatic N) is 2. The van der Waals surface area contributed by atoms with Gasteiger partial charge in [-0.15, -0.1) is 0 Å². The van der Waals surface area contributed by atoms with Gasteiger partial charge in [0.15, 0.2) is 6.61 Å². The fourth-order valence-corrected chi connectivity index (χ4v) is 4.08. The molecule has 29 heavy (non-hydrogen) atoms. The Morgan fingerprint density at radius 2 is 1.83 bits per heavy atom. The number of carbonyl (C=O) groups is 1. The zero-order chi connectivity index (χ0) is 20.1. The monoisotopic (exact) mass is 391 g/mol. The number of benzene rings is 2. The van der Waals surface area contributed by atoms with Gasteiger partial charge in [0.25, 0.3) is 5.91 Å². The molecule has 1 amide bonds. The van der Waals surface area contributed by atoms with E-state index in [9.17, 15) is 4.79 Å². The summed E-state index contributed by atoms with van der Waals surface area (Å²) in [5.41, 5.74) is 1.82. The van der Waals surface area contributed by atoms with E-state index >= 15 is 0 Å². The van der Waals surface area contributed by atoms with Gasteiger partial charge in [-0.25, -0.2) is 0 Å². The topological polar surface area (TPSA) is 77.2 Å². The molecule has 0 atom stereocenters. The van der Waals surface area contributed by atoms with E-state index < -0.39 is 0 Å². The summed E-state index contributed by atoms with van der Waals surface area (Å²) in [6, 6.07) is 17.7. The fourth-order valence-electron chi connectivity index (χ4n) is 4.08. The number of ether oxygens (including phenoxy) is 1. The van der Waals surface area contributed by atoms with Crippen LogP contribution in [-0.2, 0) is 12.0 Å². The molecule has 0 bridgehead atoms. The molecule has 1 N–H and O–H groups in total. The van der Waals surface area contributed by atoms with Crippen LogP contribution in [0.4, 0.5) is 0 Å². The number of aromatic nitrogens is 2. The molecule has 1 aliphatic carbocycles. The summed E-state index contributed by atoms with van der Waals surface area (Å²) >= 11 is 0. The van der Waals surface area contributed by atoms with Crippen molar-refractivity contribution in [2.24, 2.45) is 0 Å². The predicted octanol–water partition coefficient (Wildman–Crippen LogP) is 4.20. The average Bonchev–Trinajstić information content (AvgIpc) is 3.41. The Morgan fingerprint density at radius 3 is 2.55 bits per heavy atom. The third kappa shape index (κ3) is 4.31. The number of carbonyl (C=O) groups excluding carboxylic acids is 1. The van der Waals surface area contributed by atoms with Crippen LogP contribution in [0.25, 0.3) is 0 Å². The van der Waals surface area contributed by atoms with Crippen molar-refractivity contribution in [3.63, 3.8) is 0 Å². The molecule has 0 spiro atoms. The maximum Gasteiger partial charge on any atom is 0.255 e. The summed E-state index contributed by atoms with van der Waals surface area (Å²) in [6.07, 6.45) is 4.56. The van der Waals surface area contributed by atoms with E-state index in [0.717, 1.165) is 12.8 Å². The molecule has 1 heterocycles. The molecule has 6 heteroatoms. The molecule has 1 aliphatic rings. The van der Waals surface area contributed by atoms with E-state index in [0.29, 0.717) is 29.6 Å². The molecule has 150 valence electrons. The van der Waals surface area contributed by atoms with Gasteiger partial charge in [-0.2, -0.15) is 4.98 Å². The van der Waals surface area contributed by atoms with Gasteiger partial charge in [-0.1, -0.05) is 60.5 Å². The molecule has 3 aromatic rings. The first-order valence-electron chi connectivity index (χ1n) is 10.0. The van der Waals surface area contributed by atoms with Crippen molar-refractivity contribution >= 4 is 5.91 Å². The van der Waals surface area contributed by atoms with Crippen LogP contribution < -0.4 is 10.1 Å². The lowest BCUT2D eigenvalue weighted by Crippen LogP contribution is -2.39. The number of amides is 1. The Hall–Kier alpha value is -3.15. The molecule has 6 nitrogen and oxygen atoms in total. The van der Waals surface area contributed by atoms with Crippen molar-refractivity contribution in [1.29, 1.82) is 0 Å². The normalized spacial score (nSPS) is 15.2. The smallest absolute Gasteiger partial charge is 0.255 e. The molecule has 2 aromatic carbocycles. The summed E-state index contributed by atoms with van der Waals surface area (Å²) in [7, 11) is 0. The second kappa shape index (κ2) is 8.47. The highest BCUT2D eigenvalue weighted by atomic mass is 16.5. The van der Waals surface area contributed by atoms with Crippen molar-refractivity contribution in [2.45, 2.75) is 44.6 Å². The van der Waals surface area contributed by atoms with Gasteiger partial charge in [-0.3, -0.25) is 4.79 Å². The van der Waals surface area contributed by atoms with Crippen LogP contribution in [0, 0.1) is 6.92 Å². The molecule has 1 aromatic heterocycles. The van der Waals surface area contributed by atoms with Crippen molar-refractivity contribution in [2.75, 3.05) is 6.54 Å². The van der Waals surface area contributed by atoms with Crippen LogP contribution in [0.15, 0.2) is 59.1 Å². The van der Waals surface area contributed by atoms with Crippen LogP contribution in [0.1, 0.15) is 53.3 Å². The van der Waals surface area contributed by atoms with Crippen molar-refractivity contribution in [3.05, 3.63) is 77.4 Å². The van der Waals surface area contributed by atoms with Crippen molar-refractivity contribution in [3.8, 4) is 5.75 Å². The minimum absolute atomic E-state index is 0.00881. The molecule has 0 aliphatic heterocycles. The molecule has 0 saturated heterocycles. The van der Waals surface area contributed by atoms with E-state index in [2.05, 4.69) is 39.7 Å². The van der Waals surface area contributed by atoms with E-state index in [1.165, 1.54) is 18.4 Å². The molecular weight excluding hydrogens is 366 g/mol. The van der Waals surface area contributed by atoms with Gasteiger partial charge >= 0.3 is 0 Å². The zero-order valence-corrected chi connectivity index (χ0v) is 16.6. The fraction of sp³-hybridized carbons (Fsp3) is 0.348. The number of rotatable bonds is 7. The SMILES string of the molecule is Cc1nc(COc2ccccc2C(=O)NCC2(c3ccccc3)CCCC2)no1. The van der Waals surface area contributed by atoms with Crippen LogP contribution in [-0.4, -0.2) is 22.6 Å². The molecule has 4 rings (SSSR count). The summed E-state index contributed by atoms with van der Waals surface area (Å²) < 4.78 is 10.8. The largest absolute Gasteiger partial charge is 0.485 e. The molecule has 0 radical (unpaired) electrons. The number of aryl methyl sites for hydroxylation is 1. The third-order valence-electron chi connectivity index (χ3n) is 5.59. The van der Waals surface area contributed by atoms with Gasteiger partial charge in [0.1, 0.15) is 5.75 Å². The Labute approximate surface area is 170 Å². The molecule has 1 saturated carbocycles. The van der Waals surface area contributed by atoms with E-state index in [-0.39, 0.29) is 17.9 Å².